The van der Waals surface area contributed by atoms with Crippen molar-refractivity contribution in [2.75, 3.05) is 19.8 Å². The van der Waals surface area contributed by atoms with Crippen LogP contribution in [0.25, 0.3) is 0 Å². The normalized spacial score (nSPS) is 15.4. The number of hydrogen-bond donors (Lipinski definition) is 2. The number of amides is 1. The van der Waals surface area contributed by atoms with E-state index in [0.717, 1.165) is 18.4 Å². The van der Waals surface area contributed by atoms with E-state index in [4.69, 9.17) is 16.3 Å². The number of benzene rings is 1. The molecule has 0 spiro atoms. The van der Waals surface area contributed by atoms with Crippen LogP contribution in [0.2, 0.25) is 0 Å². The number of terminal acetylenes is 1. The van der Waals surface area contributed by atoms with Gasteiger partial charge in [-0.1, -0.05) is 19.4 Å². The van der Waals surface area contributed by atoms with Crippen LogP contribution in [0.5, 0.6) is 5.75 Å². The van der Waals surface area contributed by atoms with E-state index >= 15 is 0 Å². The van der Waals surface area contributed by atoms with E-state index in [0.29, 0.717) is 18.8 Å². The molecule has 0 aliphatic heterocycles. The zero-order valence-electron chi connectivity index (χ0n) is 12.1. The standard InChI is InChI=1S/C16H20N2O3.CH4/c1-3-9-17-15-8-6-12-5-7-13(10-14(12)15)21-16(20)18(4-2)11-19;/h1,5,7,10,15,17,19H,4,6,8-9,11H2,2H3;1H4/t15-;/m1./s1. The maximum atomic E-state index is 11.8. The van der Waals surface area contributed by atoms with Gasteiger partial charge in [-0.15, -0.1) is 6.42 Å². The molecule has 1 aliphatic carbocycles. The number of aryl methyl sites for hydroxylation is 1. The van der Waals surface area contributed by atoms with Crippen LogP contribution < -0.4 is 10.1 Å². The summed E-state index contributed by atoms with van der Waals surface area (Å²) in [6.45, 7) is 2.33. The zero-order chi connectivity index (χ0) is 15.2. The van der Waals surface area contributed by atoms with Crippen LogP contribution in [0.1, 0.15) is 37.9 Å². The molecule has 2 N–H and O–H groups in total. The largest absolute Gasteiger partial charge is 0.417 e. The van der Waals surface area contributed by atoms with E-state index in [2.05, 4.69) is 11.2 Å². The van der Waals surface area contributed by atoms with Gasteiger partial charge in [0.1, 0.15) is 12.5 Å². The third-order valence-corrected chi connectivity index (χ3v) is 3.66. The third kappa shape index (κ3) is 4.00. The van der Waals surface area contributed by atoms with Crippen LogP contribution >= 0.6 is 0 Å². The van der Waals surface area contributed by atoms with Crippen molar-refractivity contribution in [3.8, 4) is 18.1 Å². The predicted molar refractivity (Wildman–Crippen MR) is 86.6 cm³/mol. The lowest BCUT2D eigenvalue weighted by atomic mass is 10.1. The predicted octanol–water partition coefficient (Wildman–Crippen LogP) is 2.30. The first-order valence-electron chi connectivity index (χ1n) is 7.06. The molecule has 5 heteroatoms. The second-order valence-electron chi connectivity index (χ2n) is 4.90. The molecule has 0 aromatic heterocycles. The molecule has 1 aromatic carbocycles. The molecule has 1 atom stereocenters. The van der Waals surface area contributed by atoms with Gasteiger partial charge in [0.15, 0.2) is 0 Å². The zero-order valence-corrected chi connectivity index (χ0v) is 12.1. The third-order valence-electron chi connectivity index (χ3n) is 3.66. The van der Waals surface area contributed by atoms with Gasteiger partial charge in [-0.2, -0.15) is 0 Å². The Morgan fingerprint density at radius 2 is 2.36 bits per heavy atom. The summed E-state index contributed by atoms with van der Waals surface area (Å²) in [5.41, 5.74) is 2.38. The van der Waals surface area contributed by atoms with Crippen LogP contribution in [0.15, 0.2) is 18.2 Å². The van der Waals surface area contributed by atoms with Crippen molar-refractivity contribution < 1.29 is 14.6 Å². The van der Waals surface area contributed by atoms with Gasteiger partial charge in [0, 0.05) is 12.6 Å². The Morgan fingerprint density at radius 3 is 3.00 bits per heavy atom. The topological polar surface area (TPSA) is 61.8 Å². The van der Waals surface area contributed by atoms with Crippen molar-refractivity contribution in [3.63, 3.8) is 0 Å². The van der Waals surface area contributed by atoms with Crippen LogP contribution in [0.4, 0.5) is 4.79 Å². The van der Waals surface area contributed by atoms with E-state index in [1.54, 1.807) is 13.0 Å². The molecule has 1 amide bonds. The molecule has 1 aliphatic rings. The molecule has 0 bridgehead atoms. The minimum atomic E-state index is -0.550. The quantitative estimate of drug-likeness (QED) is 0.647. The number of nitrogens with zero attached hydrogens (tertiary/aromatic N) is 1. The van der Waals surface area contributed by atoms with Gasteiger partial charge in [-0.25, -0.2) is 4.79 Å². The highest BCUT2D eigenvalue weighted by Crippen LogP contribution is 2.33. The minimum Gasteiger partial charge on any atom is -0.410 e. The molecule has 1 aromatic rings. The molecule has 0 heterocycles. The number of aliphatic hydroxyl groups is 1. The van der Waals surface area contributed by atoms with Crippen molar-refractivity contribution in [1.82, 2.24) is 10.2 Å². The monoisotopic (exact) mass is 304 g/mol. The van der Waals surface area contributed by atoms with Crippen LogP contribution in [-0.2, 0) is 6.42 Å². The molecule has 0 fully saturated rings. The molecular formula is C17H24N2O3. The average molecular weight is 304 g/mol. The molecule has 5 nitrogen and oxygen atoms in total. The van der Waals surface area contributed by atoms with Gasteiger partial charge in [0.05, 0.1) is 6.54 Å². The van der Waals surface area contributed by atoms with Gasteiger partial charge in [-0.3, -0.25) is 10.2 Å². The SMILES string of the molecule is C.C#CCN[C@@H]1CCc2ccc(OC(=O)N(CC)CO)cc21. The minimum absolute atomic E-state index is 0. The number of fused-ring (bicyclic) bond motifs is 1. The van der Waals surface area contributed by atoms with Gasteiger partial charge in [0.2, 0.25) is 0 Å². The van der Waals surface area contributed by atoms with E-state index in [1.807, 2.05) is 12.1 Å². The summed E-state index contributed by atoms with van der Waals surface area (Å²) in [5.74, 6) is 3.06. The van der Waals surface area contributed by atoms with Gasteiger partial charge < -0.3 is 9.84 Å². The van der Waals surface area contributed by atoms with Crippen LogP contribution in [0, 0.1) is 12.3 Å². The molecule has 0 saturated carbocycles. The Balaban J connectivity index is 0.00000242. The van der Waals surface area contributed by atoms with Crippen LogP contribution in [0.3, 0.4) is 0 Å². The first kappa shape index (κ1) is 18.0. The highest BCUT2D eigenvalue weighted by molar-refractivity contribution is 5.70. The molecule has 0 radical (unpaired) electrons. The lowest BCUT2D eigenvalue weighted by molar-refractivity contribution is 0.0973. The Morgan fingerprint density at radius 1 is 1.59 bits per heavy atom. The van der Waals surface area contributed by atoms with Crippen molar-refractivity contribution >= 4 is 6.09 Å². The fourth-order valence-electron chi connectivity index (χ4n) is 2.49. The van der Waals surface area contributed by atoms with E-state index < -0.39 is 6.09 Å². The highest BCUT2D eigenvalue weighted by atomic mass is 16.6. The molecule has 0 unspecified atom stereocenters. The number of ether oxygens (including phenoxy) is 1. The molecule has 0 saturated heterocycles. The lowest BCUT2D eigenvalue weighted by Gasteiger charge is -2.18. The first-order valence-corrected chi connectivity index (χ1v) is 7.06. The Labute approximate surface area is 132 Å². The fraction of sp³-hybridized carbons (Fsp3) is 0.471. The van der Waals surface area contributed by atoms with Crippen molar-refractivity contribution in [1.29, 1.82) is 0 Å². The summed E-state index contributed by atoms with van der Waals surface area (Å²) >= 11 is 0. The number of rotatable bonds is 5. The molecular weight excluding hydrogens is 280 g/mol. The second-order valence-corrected chi connectivity index (χ2v) is 4.90. The summed E-state index contributed by atoms with van der Waals surface area (Å²) in [5, 5.41) is 12.4. The second kappa shape index (κ2) is 8.42. The molecule has 120 valence electrons. The van der Waals surface area contributed by atoms with E-state index in [9.17, 15) is 4.79 Å². The maximum Gasteiger partial charge on any atom is 0.417 e. The number of carbonyl (C=O) groups is 1. The lowest BCUT2D eigenvalue weighted by Crippen LogP contribution is -2.34. The Kier molecular flexibility index (Phi) is 6.90. The van der Waals surface area contributed by atoms with Gasteiger partial charge in [0.25, 0.3) is 0 Å². The number of carbonyl (C=O) groups excluding carboxylic acids is 1. The maximum absolute atomic E-state index is 11.8. The molecule has 2 rings (SSSR count). The highest BCUT2D eigenvalue weighted by Gasteiger charge is 2.23. The average Bonchev–Trinajstić information content (AvgIpc) is 2.89. The summed E-state index contributed by atoms with van der Waals surface area (Å²) in [7, 11) is 0. The Hall–Kier alpha value is -2.03. The Bertz CT molecular complexity index is 547. The van der Waals surface area contributed by atoms with Crippen molar-refractivity contribution in [3.05, 3.63) is 29.3 Å². The number of nitrogens with one attached hydrogen (secondary N) is 1. The van der Waals surface area contributed by atoms with Crippen molar-refractivity contribution in [2.45, 2.75) is 33.2 Å². The van der Waals surface area contributed by atoms with Crippen molar-refractivity contribution in [2.24, 2.45) is 0 Å². The van der Waals surface area contributed by atoms with E-state index in [-0.39, 0.29) is 20.2 Å². The summed E-state index contributed by atoms with van der Waals surface area (Å²) in [6.07, 6.45) is 6.71. The fourth-order valence-corrected chi connectivity index (χ4v) is 2.49. The summed E-state index contributed by atoms with van der Waals surface area (Å²) in [6, 6.07) is 5.84. The smallest absolute Gasteiger partial charge is 0.410 e. The number of aliphatic hydroxyl groups excluding tert-OH is 1. The molecule has 22 heavy (non-hydrogen) atoms. The van der Waals surface area contributed by atoms with E-state index in [1.165, 1.54) is 10.5 Å². The van der Waals surface area contributed by atoms with Gasteiger partial charge >= 0.3 is 6.09 Å². The number of hydrogen-bond acceptors (Lipinski definition) is 4. The first-order chi connectivity index (χ1) is 10.2. The summed E-state index contributed by atoms with van der Waals surface area (Å²) < 4.78 is 5.30. The van der Waals surface area contributed by atoms with Crippen LogP contribution in [-0.4, -0.2) is 35.9 Å². The summed E-state index contributed by atoms with van der Waals surface area (Å²) in [4.78, 5) is 13.0. The van der Waals surface area contributed by atoms with Gasteiger partial charge in [-0.05, 0) is 43.0 Å².